The lowest BCUT2D eigenvalue weighted by Gasteiger charge is -2.34. The molecule has 1 saturated carbocycles. The zero-order chi connectivity index (χ0) is 29.3. The number of morpholine rings is 1. The van der Waals surface area contributed by atoms with Crippen LogP contribution < -0.4 is 15.5 Å². The zero-order valence-corrected chi connectivity index (χ0v) is 23.6. The maximum atomic E-state index is 13.8. The van der Waals surface area contributed by atoms with Crippen LogP contribution in [0.5, 0.6) is 0 Å². The Kier molecular flexibility index (Phi) is 7.33. The average molecular weight is 589 g/mol. The van der Waals surface area contributed by atoms with Gasteiger partial charge in [0.2, 0.25) is 0 Å². The van der Waals surface area contributed by atoms with E-state index in [1.165, 1.54) is 12.1 Å². The summed E-state index contributed by atoms with van der Waals surface area (Å²) in [6.45, 7) is 3.68. The lowest BCUT2D eigenvalue weighted by molar-refractivity contribution is 0.0985. The van der Waals surface area contributed by atoms with Crippen LogP contribution in [0.4, 0.5) is 26.5 Å². The number of nitrogens with zero attached hydrogens (tertiary/aromatic N) is 4. The Bertz CT molecular complexity index is 1700. The summed E-state index contributed by atoms with van der Waals surface area (Å²) in [6.07, 6.45) is 2.38. The predicted octanol–water partition coefficient (Wildman–Crippen LogP) is 5.01. The van der Waals surface area contributed by atoms with Gasteiger partial charge in [-0.2, -0.15) is 0 Å². The van der Waals surface area contributed by atoms with Crippen LogP contribution in [-0.2, 0) is 19.3 Å². The number of halogens is 1. The van der Waals surface area contributed by atoms with E-state index in [2.05, 4.69) is 20.5 Å². The fourth-order valence-electron chi connectivity index (χ4n) is 5.04. The van der Waals surface area contributed by atoms with Gasteiger partial charge in [-0.05, 0) is 80.4 Å². The van der Waals surface area contributed by atoms with Crippen LogP contribution in [0.2, 0.25) is 0 Å². The Hall–Kier alpha value is -4.42. The number of urea groups is 1. The van der Waals surface area contributed by atoms with Gasteiger partial charge in [0.1, 0.15) is 22.2 Å². The fraction of sp³-hybridized carbons (Fsp3) is 0.267. The van der Waals surface area contributed by atoms with Crippen molar-refractivity contribution in [2.75, 3.05) is 35.3 Å². The first-order valence-corrected chi connectivity index (χ1v) is 15.1. The highest BCUT2D eigenvalue weighted by Crippen LogP contribution is 2.55. The van der Waals surface area contributed by atoms with Gasteiger partial charge < -0.3 is 15.0 Å². The molecule has 3 heterocycles. The van der Waals surface area contributed by atoms with Crippen molar-refractivity contribution >= 4 is 33.2 Å². The van der Waals surface area contributed by atoms with Gasteiger partial charge in [0.05, 0.1) is 29.8 Å². The van der Waals surface area contributed by atoms with Crippen molar-refractivity contribution in [1.82, 2.24) is 15.0 Å². The van der Waals surface area contributed by atoms with Crippen molar-refractivity contribution in [2.24, 2.45) is 0 Å². The molecule has 0 bridgehead atoms. The van der Waals surface area contributed by atoms with Gasteiger partial charge in [0.15, 0.2) is 15.7 Å². The van der Waals surface area contributed by atoms with Gasteiger partial charge in [-0.1, -0.05) is 6.07 Å². The van der Waals surface area contributed by atoms with E-state index in [0.29, 0.717) is 67.0 Å². The summed E-state index contributed by atoms with van der Waals surface area (Å²) < 4.78 is 45.6. The third kappa shape index (κ3) is 5.42. The Morgan fingerprint density at radius 2 is 1.79 bits per heavy atom. The monoisotopic (exact) mass is 588 g/mol. The van der Waals surface area contributed by atoms with E-state index in [0.717, 1.165) is 12.1 Å². The minimum Gasteiger partial charge on any atom is -0.377 e. The largest absolute Gasteiger partial charge is 0.377 e. The van der Waals surface area contributed by atoms with E-state index in [-0.39, 0.29) is 10.9 Å². The number of aromatic nitrogens is 3. The summed E-state index contributed by atoms with van der Waals surface area (Å²) in [5, 5.41) is 5.43. The molecular formula is C30H29FN6O4S. The molecular weight excluding hydrogens is 559 g/mol. The fourth-order valence-corrected chi connectivity index (χ4v) is 7.01. The van der Waals surface area contributed by atoms with Crippen molar-refractivity contribution in [2.45, 2.75) is 35.4 Å². The minimum atomic E-state index is -3.86. The topological polar surface area (TPSA) is 126 Å². The molecule has 12 heteroatoms. The van der Waals surface area contributed by atoms with Crippen LogP contribution in [0.25, 0.3) is 11.4 Å². The van der Waals surface area contributed by atoms with Crippen LogP contribution in [0.15, 0.2) is 83.9 Å². The maximum Gasteiger partial charge on any atom is 0.324 e. The molecule has 10 nitrogen and oxygen atoms in total. The predicted molar refractivity (Wildman–Crippen MR) is 156 cm³/mol. The van der Waals surface area contributed by atoms with E-state index in [9.17, 15) is 17.6 Å². The van der Waals surface area contributed by atoms with Gasteiger partial charge in [-0.3, -0.25) is 5.32 Å². The minimum absolute atomic E-state index is 0.0300. The summed E-state index contributed by atoms with van der Waals surface area (Å²) in [4.78, 5) is 28.3. The number of sulfone groups is 1. The number of pyridine rings is 1. The van der Waals surface area contributed by atoms with Crippen LogP contribution in [0.3, 0.4) is 0 Å². The van der Waals surface area contributed by atoms with Gasteiger partial charge in [0.25, 0.3) is 0 Å². The molecule has 1 aliphatic carbocycles. The van der Waals surface area contributed by atoms with Crippen LogP contribution in [-0.4, -0.2) is 55.2 Å². The Morgan fingerprint density at radius 3 is 2.45 bits per heavy atom. The Balaban J connectivity index is 1.33. The molecule has 2 aliphatic rings. The number of benzene rings is 2. The number of amides is 2. The Morgan fingerprint density at radius 1 is 1.02 bits per heavy atom. The lowest BCUT2D eigenvalue weighted by atomic mass is 10.1. The summed E-state index contributed by atoms with van der Waals surface area (Å²) in [5.41, 5.74) is 1.61. The van der Waals surface area contributed by atoms with Crippen LogP contribution >= 0.6 is 0 Å². The molecule has 2 amide bonds. The van der Waals surface area contributed by atoms with Crippen LogP contribution in [0.1, 0.15) is 25.5 Å². The quantitative estimate of drug-likeness (QED) is 0.289. The summed E-state index contributed by atoms with van der Waals surface area (Å²) in [6, 6.07) is 18.5. The molecule has 42 heavy (non-hydrogen) atoms. The maximum absolute atomic E-state index is 13.8. The first-order chi connectivity index (χ1) is 20.2. The molecule has 1 atom stereocenters. The normalized spacial score (nSPS) is 17.9. The van der Waals surface area contributed by atoms with E-state index < -0.39 is 26.4 Å². The molecule has 2 N–H and O–H groups in total. The first-order valence-electron chi connectivity index (χ1n) is 13.6. The number of carbonyl (C=O) groups is 1. The standard InChI is InChI=1S/C30H29FN6O4S/c1-20-19-41-17-16-37(20)27-18-25(30(13-14-30)42(39,40)24-11-7-22(31)8-12-24)34-28(36-27)21-5-9-23(10-6-21)33-29(38)35-26-4-2-3-15-32-26/h2-12,15,18,20H,13-14,16-17,19H2,1H3,(H2,32,33,35,38)/t20-/m0/s1. The summed E-state index contributed by atoms with van der Waals surface area (Å²) in [5.74, 6) is 0.903. The molecule has 0 radical (unpaired) electrons. The number of nitrogens with one attached hydrogen (secondary N) is 2. The van der Waals surface area contributed by atoms with E-state index in [1.807, 2.05) is 6.92 Å². The number of hydrogen-bond donors (Lipinski definition) is 2. The van der Waals surface area contributed by atoms with Crippen molar-refractivity contribution in [3.05, 3.63) is 90.5 Å². The molecule has 2 fully saturated rings. The Labute approximate surface area is 242 Å². The molecule has 1 aliphatic heterocycles. The van der Waals surface area contributed by atoms with Crippen molar-refractivity contribution < 1.29 is 22.3 Å². The van der Waals surface area contributed by atoms with E-state index >= 15 is 0 Å². The zero-order valence-electron chi connectivity index (χ0n) is 22.8. The molecule has 216 valence electrons. The van der Waals surface area contributed by atoms with E-state index in [4.69, 9.17) is 14.7 Å². The number of hydrogen-bond acceptors (Lipinski definition) is 8. The van der Waals surface area contributed by atoms with E-state index in [1.54, 1.807) is 54.7 Å². The highest BCUT2D eigenvalue weighted by molar-refractivity contribution is 7.92. The summed E-state index contributed by atoms with van der Waals surface area (Å²) >= 11 is 0. The molecule has 1 saturated heterocycles. The van der Waals surface area contributed by atoms with Crippen molar-refractivity contribution in [3.63, 3.8) is 0 Å². The SMILES string of the molecule is C[C@H]1COCCN1c1cc(C2(S(=O)(=O)c3ccc(F)cc3)CC2)nc(-c2ccc(NC(=O)Nc3ccccn3)cc2)n1. The number of ether oxygens (including phenoxy) is 1. The molecule has 4 aromatic rings. The van der Waals surface area contributed by atoms with Crippen molar-refractivity contribution in [3.8, 4) is 11.4 Å². The molecule has 2 aromatic heterocycles. The van der Waals surface area contributed by atoms with Gasteiger partial charge in [0, 0.05) is 30.1 Å². The second kappa shape index (κ2) is 11.1. The smallest absolute Gasteiger partial charge is 0.324 e. The van der Waals surface area contributed by atoms with Crippen molar-refractivity contribution in [1.29, 1.82) is 0 Å². The highest BCUT2D eigenvalue weighted by Gasteiger charge is 2.58. The summed E-state index contributed by atoms with van der Waals surface area (Å²) in [7, 11) is -3.86. The second-order valence-electron chi connectivity index (χ2n) is 10.4. The molecule has 2 aromatic carbocycles. The average Bonchev–Trinajstić information content (AvgIpc) is 3.81. The first kappa shape index (κ1) is 27.7. The molecule has 0 spiro atoms. The van der Waals surface area contributed by atoms with Gasteiger partial charge in [-0.25, -0.2) is 32.6 Å². The van der Waals surface area contributed by atoms with Gasteiger partial charge >= 0.3 is 6.03 Å². The number of carbonyl (C=O) groups excluding carboxylic acids is 1. The van der Waals surface area contributed by atoms with Crippen LogP contribution in [0, 0.1) is 5.82 Å². The molecule has 0 unspecified atom stereocenters. The second-order valence-corrected chi connectivity index (χ2v) is 12.6. The number of rotatable bonds is 7. The lowest BCUT2D eigenvalue weighted by Crippen LogP contribution is -2.44. The highest BCUT2D eigenvalue weighted by atomic mass is 32.2. The molecule has 6 rings (SSSR count). The third-order valence-corrected chi connectivity index (χ3v) is 10.0. The third-order valence-electron chi connectivity index (χ3n) is 7.49. The number of anilines is 3. The van der Waals surface area contributed by atoms with Gasteiger partial charge in [-0.15, -0.1) is 0 Å².